The van der Waals surface area contributed by atoms with Gasteiger partial charge in [-0.1, -0.05) is 364 Å². The minimum absolute atomic E-state index is 0. The molecule has 0 heterocycles. The maximum atomic E-state index is 2.23. The van der Waals surface area contributed by atoms with Crippen molar-refractivity contribution in [3.8, 4) is 0 Å². The maximum absolute atomic E-state index is 2.23. The van der Waals surface area contributed by atoms with E-state index in [0.717, 1.165) is 0 Å². The number of benzene rings is 12. The fourth-order valence-corrected chi connectivity index (χ4v) is 17.9. The second kappa shape index (κ2) is 31.3. The Hall–Kier alpha value is -7.02. The molecule has 0 amide bonds. The third kappa shape index (κ3) is 16.5. The van der Waals surface area contributed by atoms with Gasteiger partial charge in [0.05, 0.1) is 0 Å². The Balaban J connectivity index is 0.000000149. The fraction of sp³-hybridized carbons (Fsp3) is 0. The molecule has 12 aromatic rings. The number of hydrogen-bond acceptors (Lipinski definition) is 0. The molecule has 0 spiro atoms. The van der Waals surface area contributed by atoms with Gasteiger partial charge in [-0.3, -0.25) is 0 Å². The van der Waals surface area contributed by atoms with Gasteiger partial charge in [0.25, 0.3) is 0 Å². The Bertz CT molecular complexity index is 2580. The van der Waals surface area contributed by atoms with Crippen molar-refractivity contribution >= 4 is 95.3 Å². The predicted molar refractivity (Wildman–Crippen MR) is 343 cm³/mol. The van der Waals surface area contributed by atoms with E-state index in [4.69, 9.17) is 0 Å². The Kier molecular flexibility index (Phi) is 22.8. The first-order valence-corrected chi connectivity index (χ1v) is 31.0. The van der Waals surface area contributed by atoms with Crippen LogP contribution in [0.15, 0.2) is 364 Å². The van der Waals surface area contributed by atoms with Crippen molar-refractivity contribution in [1.82, 2.24) is 0 Å². The molecule has 77 heavy (non-hydrogen) atoms. The molecule has 0 N–H and O–H groups in total. The van der Waals surface area contributed by atoms with Crippen molar-refractivity contribution in [3.05, 3.63) is 364 Å². The van der Waals surface area contributed by atoms with E-state index in [1.165, 1.54) is 63.7 Å². The minimum atomic E-state index is -0.446. The molecular weight excluding hydrogens is 1090 g/mol. The summed E-state index contributed by atoms with van der Waals surface area (Å²) in [6.07, 6.45) is 0. The summed E-state index contributed by atoms with van der Waals surface area (Å²) in [4.78, 5) is 0. The zero-order valence-electron chi connectivity index (χ0n) is 42.8. The molecule has 0 aliphatic carbocycles. The molecule has 379 valence electrons. The average molecular weight is 1150 g/mol. The Morgan fingerprint density at radius 3 is 0.247 bits per heavy atom. The van der Waals surface area contributed by atoms with Gasteiger partial charge < -0.3 is 0 Å². The molecule has 0 atom stereocenters. The van der Waals surface area contributed by atoms with Crippen LogP contribution in [0, 0.1) is 0 Å². The molecule has 1 radical (unpaired) electrons. The summed E-state index contributed by atoms with van der Waals surface area (Å²) < 4.78 is 0. The van der Waals surface area contributed by atoms with Gasteiger partial charge in [-0.05, 0) is 95.3 Å². The van der Waals surface area contributed by atoms with Crippen molar-refractivity contribution in [2.75, 3.05) is 0 Å². The largest absolute Gasteiger partial charge is 0.0622 e. The monoisotopic (exact) mass is 1150 g/mol. The summed E-state index contributed by atoms with van der Waals surface area (Å²) in [5, 5.41) is 16.8. The van der Waals surface area contributed by atoms with E-state index >= 15 is 0 Å². The van der Waals surface area contributed by atoms with E-state index in [9.17, 15) is 0 Å². The van der Waals surface area contributed by atoms with Crippen LogP contribution in [0.25, 0.3) is 0 Å². The summed E-state index contributed by atoms with van der Waals surface area (Å²) in [6.45, 7) is 0. The molecular formula is C72H62P4Rh. The van der Waals surface area contributed by atoms with Gasteiger partial charge in [0.1, 0.15) is 0 Å². The first kappa shape index (κ1) is 56.2. The van der Waals surface area contributed by atoms with Crippen molar-refractivity contribution in [3.63, 3.8) is 0 Å². The van der Waals surface area contributed by atoms with Gasteiger partial charge in [-0.25, -0.2) is 0 Å². The summed E-state index contributed by atoms with van der Waals surface area (Å²) in [6, 6.07) is 129. The van der Waals surface area contributed by atoms with E-state index in [0.29, 0.717) is 0 Å². The molecule has 12 rings (SSSR count). The molecule has 0 nitrogen and oxygen atoms in total. The van der Waals surface area contributed by atoms with Crippen LogP contribution in [0.3, 0.4) is 0 Å². The van der Waals surface area contributed by atoms with Gasteiger partial charge in [0.2, 0.25) is 0 Å². The molecule has 0 aliphatic rings. The summed E-state index contributed by atoms with van der Waals surface area (Å²) >= 11 is 0. The van der Waals surface area contributed by atoms with Gasteiger partial charge in [-0.15, -0.1) is 0 Å². The Labute approximate surface area is 476 Å². The van der Waals surface area contributed by atoms with E-state index in [-0.39, 0.29) is 20.9 Å². The second-order valence-electron chi connectivity index (χ2n) is 17.4. The van der Waals surface area contributed by atoms with Crippen molar-refractivity contribution in [2.45, 2.75) is 0 Å². The maximum Gasteiger partial charge on any atom is 0 e. The molecule has 0 fully saturated rings. The molecule has 0 saturated heterocycles. The normalized spacial score (nSPS) is 10.4. The molecule has 0 unspecified atom stereocenters. The third-order valence-corrected chi connectivity index (χ3v) is 21.9. The smallest absolute Gasteiger partial charge is 0 e. The topological polar surface area (TPSA) is 0 Å². The summed E-state index contributed by atoms with van der Waals surface area (Å²) in [5.74, 6) is 0. The standard InChI is InChI=1S/4C18H15P.Rh.H2/c4*1-4-10-16(11-5-1)19(17-12-6-2-7-13-17)18-14-8-3-9-15-18;;/h4*1-15H;;1H. The van der Waals surface area contributed by atoms with Crippen LogP contribution < -0.4 is 63.7 Å². The number of rotatable bonds is 12. The van der Waals surface area contributed by atoms with Crippen LogP contribution in [-0.2, 0) is 19.5 Å². The van der Waals surface area contributed by atoms with Gasteiger partial charge in [-0.2, -0.15) is 0 Å². The fourth-order valence-electron chi connectivity index (χ4n) is 8.71. The van der Waals surface area contributed by atoms with Crippen LogP contribution >= 0.6 is 31.7 Å². The molecule has 12 aromatic carbocycles. The molecule has 0 aromatic heterocycles. The SMILES string of the molecule is [HH].[Rh].c1ccc(P(c2ccccc2)c2ccccc2)cc1.c1ccc(P(c2ccccc2)c2ccccc2)cc1.c1ccc(P(c2ccccc2)c2ccccc2)cc1.c1ccc(P(c2ccccc2)c2ccccc2)cc1. The van der Waals surface area contributed by atoms with Crippen molar-refractivity contribution in [1.29, 1.82) is 0 Å². The van der Waals surface area contributed by atoms with Crippen LogP contribution in [0.4, 0.5) is 0 Å². The molecule has 0 bridgehead atoms. The first-order valence-electron chi connectivity index (χ1n) is 25.6. The van der Waals surface area contributed by atoms with Gasteiger partial charge >= 0.3 is 0 Å². The van der Waals surface area contributed by atoms with Gasteiger partial charge in [0.15, 0.2) is 0 Å². The van der Waals surface area contributed by atoms with Crippen molar-refractivity contribution < 1.29 is 20.9 Å². The van der Waals surface area contributed by atoms with E-state index in [1.807, 2.05) is 0 Å². The summed E-state index contributed by atoms with van der Waals surface area (Å²) in [5.41, 5.74) is 0. The van der Waals surface area contributed by atoms with E-state index in [1.54, 1.807) is 0 Å². The van der Waals surface area contributed by atoms with Crippen LogP contribution in [0.5, 0.6) is 0 Å². The third-order valence-electron chi connectivity index (χ3n) is 12.2. The Morgan fingerprint density at radius 2 is 0.182 bits per heavy atom. The molecule has 0 saturated carbocycles. The zero-order valence-corrected chi connectivity index (χ0v) is 48.0. The van der Waals surface area contributed by atoms with Gasteiger partial charge in [0, 0.05) is 20.9 Å². The van der Waals surface area contributed by atoms with Crippen LogP contribution in [0.1, 0.15) is 1.43 Å². The molecule has 5 heteroatoms. The zero-order chi connectivity index (χ0) is 51.7. The number of hydrogen-bond donors (Lipinski definition) is 0. The first-order chi connectivity index (χ1) is 37.8. The van der Waals surface area contributed by atoms with Crippen LogP contribution in [0.2, 0.25) is 0 Å². The Morgan fingerprint density at radius 1 is 0.117 bits per heavy atom. The molecule has 0 aliphatic heterocycles. The summed E-state index contributed by atoms with van der Waals surface area (Å²) in [7, 11) is -1.78. The quantitative estimate of drug-likeness (QED) is 0.0845. The average Bonchev–Trinajstić information content (AvgIpc) is 3.51. The van der Waals surface area contributed by atoms with Crippen LogP contribution in [-0.4, -0.2) is 0 Å². The predicted octanol–water partition coefficient (Wildman–Crippen LogP) is 14.0. The van der Waals surface area contributed by atoms with E-state index in [2.05, 4.69) is 364 Å². The minimum Gasteiger partial charge on any atom is -0.0622 e. The van der Waals surface area contributed by atoms with Crippen molar-refractivity contribution in [2.24, 2.45) is 0 Å². The van der Waals surface area contributed by atoms with E-state index < -0.39 is 31.7 Å². The second-order valence-corrected chi connectivity index (χ2v) is 26.2.